The molecule has 0 saturated carbocycles. The molecule has 0 saturated heterocycles. The van der Waals surface area contributed by atoms with Crippen LogP contribution in [0.4, 0.5) is 0 Å². The van der Waals surface area contributed by atoms with Gasteiger partial charge in [-0.15, -0.1) is 11.3 Å². The predicted molar refractivity (Wildman–Crippen MR) is 74.3 cm³/mol. The lowest BCUT2D eigenvalue weighted by Crippen LogP contribution is -2.26. The molecule has 0 aliphatic heterocycles. The number of hydrogen-bond donors (Lipinski definition) is 1. The number of rotatable bonds is 3. The number of benzene rings is 1. The van der Waals surface area contributed by atoms with Crippen LogP contribution in [0.5, 0.6) is 0 Å². The van der Waals surface area contributed by atoms with Crippen LogP contribution in [-0.4, -0.2) is 5.91 Å². The van der Waals surface area contributed by atoms with Crippen LogP contribution < -0.4 is 5.32 Å². The van der Waals surface area contributed by atoms with Crippen molar-refractivity contribution >= 4 is 33.2 Å². The molecule has 0 aliphatic rings. The van der Waals surface area contributed by atoms with Crippen molar-refractivity contribution in [3.8, 4) is 0 Å². The number of thiophene rings is 1. The monoisotopic (exact) mass is 309 g/mol. The molecule has 1 aromatic carbocycles. The van der Waals surface area contributed by atoms with Crippen LogP contribution in [-0.2, 0) is 0 Å². The lowest BCUT2D eigenvalue weighted by atomic mass is 10.1. The van der Waals surface area contributed by atoms with E-state index in [4.69, 9.17) is 0 Å². The van der Waals surface area contributed by atoms with E-state index >= 15 is 0 Å². The highest BCUT2D eigenvalue weighted by Crippen LogP contribution is 2.21. The third-order valence-corrected chi connectivity index (χ3v) is 3.98. The van der Waals surface area contributed by atoms with Crippen molar-refractivity contribution in [2.45, 2.75) is 13.0 Å². The summed E-state index contributed by atoms with van der Waals surface area (Å²) in [5.41, 5.74) is 1.81. The Balaban J connectivity index is 2.04. The molecule has 1 N–H and O–H groups in total. The first-order chi connectivity index (χ1) is 8.16. The molecule has 88 valence electrons. The average Bonchev–Trinajstić information content (AvgIpc) is 2.77. The Bertz CT molecular complexity index is 509. The molecule has 0 aliphatic carbocycles. The summed E-state index contributed by atoms with van der Waals surface area (Å²) in [6, 6.07) is 11.8. The highest BCUT2D eigenvalue weighted by atomic mass is 79.9. The van der Waals surface area contributed by atoms with Gasteiger partial charge in [0.1, 0.15) is 0 Å². The molecule has 1 amide bonds. The summed E-state index contributed by atoms with van der Waals surface area (Å²) in [6.45, 7) is 1.98. The molecular formula is C13H12BrNOS. The van der Waals surface area contributed by atoms with Crippen LogP contribution in [0.1, 0.15) is 28.9 Å². The molecule has 1 heterocycles. The molecule has 0 radical (unpaired) electrons. The Morgan fingerprint density at radius 3 is 2.65 bits per heavy atom. The van der Waals surface area contributed by atoms with Crippen LogP contribution in [0.3, 0.4) is 0 Å². The topological polar surface area (TPSA) is 29.1 Å². The van der Waals surface area contributed by atoms with Gasteiger partial charge in [0.05, 0.1) is 15.4 Å². The molecule has 1 atom stereocenters. The Hall–Kier alpha value is -1.13. The molecular weight excluding hydrogens is 298 g/mol. The number of carbonyl (C=O) groups excluding carboxylic acids is 1. The molecule has 17 heavy (non-hydrogen) atoms. The van der Waals surface area contributed by atoms with Gasteiger partial charge >= 0.3 is 0 Å². The van der Waals surface area contributed by atoms with Crippen LogP contribution in [0.25, 0.3) is 0 Å². The van der Waals surface area contributed by atoms with E-state index in [1.807, 2.05) is 48.7 Å². The zero-order valence-corrected chi connectivity index (χ0v) is 11.7. The number of nitrogens with one attached hydrogen (secondary N) is 1. The second-order valence-corrected chi connectivity index (χ2v) is 6.04. The molecule has 2 rings (SSSR count). The summed E-state index contributed by atoms with van der Waals surface area (Å²) in [5, 5.41) is 4.82. The zero-order chi connectivity index (χ0) is 12.3. The van der Waals surface area contributed by atoms with E-state index < -0.39 is 0 Å². The van der Waals surface area contributed by atoms with Crippen molar-refractivity contribution in [1.29, 1.82) is 0 Å². The van der Waals surface area contributed by atoms with Gasteiger partial charge in [-0.3, -0.25) is 4.79 Å². The molecule has 4 heteroatoms. The number of carbonyl (C=O) groups is 1. The number of halogens is 1. The molecule has 0 bridgehead atoms. The van der Waals surface area contributed by atoms with Gasteiger partial charge in [0.15, 0.2) is 0 Å². The van der Waals surface area contributed by atoms with E-state index in [2.05, 4.69) is 21.2 Å². The molecule has 2 aromatic rings. The van der Waals surface area contributed by atoms with Crippen molar-refractivity contribution in [1.82, 2.24) is 5.32 Å². The lowest BCUT2D eigenvalue weighted by molar-refractivity contribution is 0.0940. The van der Waals surface area contributed by atoms with Crippen molar-refractivity contribution in [2.24, 2.45) is 0 Å². The maximum Gasteiger partial charge on any atom is 0.252 e. The minimum atomic E-state index is -0.0386. The second kappa shape index (κ2) is 5.47. The Labute approximate surface area is 113 Å². The van der Waals surface area contributed by atoms with Gasteiger partial charge in [-0.25, -0.2) is 0 Å². The zero-order valence-electron chi connectivity index (χ0n) is 9.31. The van der Waals surface area contributed by atoms with Gasteiger partial charge in [0, 0.05) is 5.38 Å². The molecule has 0 spiro atoms. The minimum Gasteiger partial charge on any atom is -0.345 e. The van der Waals surface area contributed by atoms with E-state index in [1.165, 1.54) is 11.3 Å². The van der Waals surface area contributed by atoms with Gasteiger partial charge < -0.3 is 5.32 Å². The first-order valence-corrected chi connectivity index (χ1v) is 6.94. The largest absolute Gasteiger partial charge is 0.345 e. The highest BCUT2D eigenvalue weighted by molar-refractivity contribution is 9.11. The average molecular weight is 310 g/mol. The van der Waals surface area contributed by atoms with E-state index in [1.54, 1.807) is 0 Å². The maximum atomic E-state index is 11.9. The Morgan fingerprint density at radius 2 is 2.06 bits per heavy atom. The van der Waals surface area contributed by atoms with Gasteiger partial charge in [0.2, 0.25) is 0 Å². The van der Waals surface area contributed by atoms with Gasteiger partial charge in [-0.1, -0.05) is 30.3 Å². The number of hydrogen-bond acceptors (Lipinski definition) is 2. The second-order valence-electron chi connectivity index (χ2n) is 3.75. The Morgan fingerprint density at radius 1 is 1.35 bits per heavy atom. The fraction of sp³-hybridized carbons (Fsp3) is 0.154. The quantitative estimate of drug-likeness (QED) is 0.912. The molecule has 0 fully saturated rings. The van der Waals surface area contributed by atoms with Crippen molar-refractivity contribution < 1.29 is 4.79 Å². The van der Waals surface area contributed by atoms with E-state index in [0.717, 1.165) is 9.35 Å². The number of amides is 1. The smallest absolute Gasteiger partial charge is 0.252 e. The van der Waals surface area contributed by atoms with E-state index in [-0.39, 0.29) is 11.9 Å². The van der Waals surface area contributed by atoms with Crippen molar-refractivity contribution in [3.63, 3.8) is 0 Å². The van der Waals surface area contributed by atoms with Gasteiger partial charge in [0.25, 0.3) is 5.91 Å². The predicted octanol–water partition coefficient (Wildman–Crippen LogP) is 4.00. The van der Waals surface area contributed by atoms with Crippen LogP contribution in [0, 0.1) is 0 Å². The highest BCUT2D eigenvalue weighted by Gasteiger charge is 2.12. The maximum absolute atomic E-state index is 11.9. The van der Waals surface area contributed by atoms with E-state index in [9.17, 15) is 4.79 Å². The van der Waals surface area contributed by atoms with Crippen LogP contribution in [0.2, 0.25) is 0 Å². The molecule has 2 nitrogen and oxygen atoms in total. The first-order valence-electron chi connectivity index (χ1n) is 5.26. The Kier molecular flexibility index (Phi) is 3.97. The van der Waals surface area contributed by atoms with Crippen molar-refractivity contribution in [2.75, 3.05) is 0 Å². The third kappa shape index (κ3) is 3.17. The SMILES string of the molecule is CC(NC(=O)c1csc(Br)c1)c1ccccc1. The van der Waals surface area contributed by atoms with Gasteiger partial charge in [-0.2, -0.15) is 0 Å². The minimum absolute atomic E-state index is 0.0161. The summed E-state index contributed by atoms with van der Waals surface area (Å²) >= 11 is 4.86. The van der Waals surface area contributed by atoms with Crippen LogP contribution >= 0.6 is 27.3 Å². The molecule has 1 aromatic heterocycles. The van der Waals surface area contributed by atoms with E-state index in [0.29, 0.717) is 5.56 Å². The summed E-state index contributed by atoms with van der Waals surface area (Å²) in [5.74, 6) is -0.0386. The first kappa shape index (κ1) is 12.3. The third-order valence-electron chi connectivity index (χ3n) is 2.48. The summed E-state index contributed by atoms with van der Waals surface area (Å²) in [4.78, 5) is 11.9. The van der Waals surface area contributed by atoms with Crippen LogP contribution in [0.15, 0.2) is 45.6 Å². The van der Waals surface area contributed by atoms with Gasteiger partial charge in [-0.05, 0) is 34.5 Å². The van der Waals surface area contributed by atoms with Crippen molar-refractivity contribution in [3.05, 3.63) is 56.7 Å². The summed E-state index contributed by atoms with van der Waals surface area (Å²) < 4.78 is 0.968. The fourth-order valence-corrected chi connectivity index (χ4v) is 2.67. The normalized spacial score (nSPS) is 12.1. The summed E-state index contributed by atoms with van der Waals surface area (Å²) in [6.07, 6.45) is 0. The fourth-order valence-electron chi connectivity index (χ4n) is 1.53. The molecule has 1 unspecified atom stereocenters. The lowest BCUT2D eigenvalue weighted by Gasteiger charge is -2.13. The standard InChI is InChI=1S/C13H12BrNOS/c1-9(10-5-3-2-4-6-10)15-13(16)11-7-12(14)17-8-11/h2-9H,1H3,(H,15,16). The summed E-state index contributed by atoms with van der Waals surface area (Å²) in [7, 11) is 0.